The summed E-state index contributed by atoms with van der Waals surface area (Å²) in [4.78, 5) is 21.7. The highest BCUT2D eigenvalue weighted by Crippen LogP contribution is 2.19. The number of hydrogen-bond acceptors (Lipinski definition) is 4. The van der Waals surface area contributed by atoms with Gasteiger partial charge < -0.3 is 9.84 Å². The number of aliphatic hydroxyl groups excluding tert-OH is 1. The van der Waals surface area contributed by atoms with Crippen molar-refractivity contribution in [1.29, 1.82) is 0 Å². The first-order chi connectivity index (χ1) is 15.3. The zero-order valence-electron chi connectivity index (χ0n) is 22.1. The fourth-order valence-corrected chi connectivity index (χ4v) is 2.58. The van der Waals surface area contributed by atoms with Crippen LogP contribution in [0.3, 0.4) is 0 Å². The van der Waals surface area contributed by atoms with E-state index >= 15 is 0 Å². The molecule has 0 amide bonds. The lowest BCUT2D eigenvalue weighted by Gasteiger charge is -2.14. The van der Waals surface area contributed by atoms with Gasteiger partial charge in [-0.2, -0.15) is 0 Å². The van der Waals surface area contributed by atoms with E-state index < -0.39 is 8.65 Å². The van der Waals surface area contributed by atoms with Crippen LogP contribution >= 0.6 is 47.8 Å². The smallest absolute Gasteiger partial charge is 0.322 e. The van der Waals surface area contributed by atoms with E-state index in [1.165, 1.54) is 77.0 Å². The summed E-state index contributed by atoms with van der Waals surface area (Å²) < 4.78 is 4.16. The third kappa shape index (κ3) is 34.8. The molecule has 0 saturated heterocycles. The van der Waals surface area contributed by atoms with Gasteiger partial charge in [-0.05, 0) is 56.5 Å². The highest BCUT2D eigenvalue weighted by Gasteiger charge is 2.24. The lowest BCUT2D eigenvalue weighted by atomic mass is 10.1. The molecule has 0 radical (unpaired) electrons. The third-order valence-electron chi connectivity index (χ3n) is 4.70. The van der Waals surface area contributed by atoms with Gasteiger partial charge in [0.2, 0.25) is 4.69 Å². The number of aliphatic hydroxyl groups is 1. The third-order valence-corrected chi connectivity index (χ3v) is 6.90. The molecule has 0 bridgehead atoms. The molecule has 0 atom stereocenters. The fourth-order valence-electron chi connectivity index (χ4n) is 2.46. The Morgan fingerprint density at radius 2 is 1.00 bits per heavy atom. The molecule has 0 aliphatic carbocycles. The van der Waals surface area contributed by atoms with Gasteiger partial charge in [0.05, 0.1) is 10.9 Å². The molecule has 0 aromatic carbocycles. The van der Waals surface area contributed by atoms with Crippen molar-refractivity contribution in [3.8, 4) is 0 Å². The highest BCUT2D eigenvalue weighted by molar-refractivity contribution is 9.20. The van der Waals surface area contributed by atoms with Crippen LogP contribution < -0.4 is 0 Å². The summed E-state index contributed by atoms with van der Waals surface area (Å²) in [6, 6.07) is 0. The summed E-state index contributed by atoms with van der Waals surface area (Å²) in [5.74, 6) is -0.168. The summed E-state index contributed by atoms with van der Waals surface area (Å²) in [7, 11) is 0. The zero-order valence-corrected chi connectivity index (χ0v) is 26.9. The summed E-state index contributed by atoms with van der Waals surface area (Å²) in [5.41, 5.74) is 0. The molecule has 4 nitrogen and oxygen atoms in total. The van der Waals surface area contributed by atoms with E-state index in [0.29, 0.717) is 13.2 Å². The summed E-state index contributed by atoms with van der Waals surface area (Å²) in [6.07, 6.45) is 17.6. The lowest BCUT2D eigenvalue weighted by Crippen LogP contribution is -2.26. The minimum atomic E-state index is -0.547. The molecule has 33 heavy (non-hydrogen) atoms. The van der Waals surface area contributed by atoms with Crippen molar-refractivity contribution in [2.24, 2.45) is 0 Å². The topological polar surface area (TPSA) is 63.6 Å². The van der Waals surface area contributed by atoms with E-state index in [9.17, 15) is 9.59 Å². The minimum absolute atomic E-state index is 0.0278. The largest absolute Gasteiger partial charge is 0.465 e. The molecule has 0 aliphatic heterocycles. The number of alkyl halides is 2. The van der Waals surface area contributed by atoms with E-state index in [0.717, 1.165) is 12.8 Å². The second-order valence-corrected chi connectivity index (χ2v) is 14.0. The van der Waals surface area contributed by atoms with Crippen molar-refractivity contribution in [3.05, 3.63) is 0 Å². The SMILES string of the molecule is CC(C)(Br)C(=O)Br.CCCCCCCCCO.CCCCCCCCCOC(=O)C(C)(C)Br. The molecule has 0 spiro atoms. The van der Waals surface area contributed by atoms with Crippen LogP contribution in [0.2, 0.25) is 0 Å². The van der Waals surface area contributed by atoms with Crippen molar-refractivity contribution in [2.45, 2.75) is 140 Å². The van der Waals surface area contributed by atoms with Crippen molar-refractivity contribution >= 4 is 58.5 Å². The van der Waals surface area contributed by atoms with Crippen LogP contribution in [0.4, 0.5) is 0 Å². The number of carbonyl (C=O) groups excluding carboxylic acids is 2. The lowest BCUT2D eigenvalue weighted by molar-refractivity contribution is -0.145. The van der Waals surface area contributed by atoms with E-state index in [1.807, 2.05) is 0 Å². The number of hydrogen-bond donors (Lipinski definition) is 1. The zero-order chi connectivity index (χ0) is 26.2. The fraction of sp³-hybridized carbons (Fsp3) is 0.923. The second kappa shape index (κ2) is 25.6. The monoisotopic (exact) mass is 664 g/mol. The molecule has 0 heterocycles. The van der Waals surface area contributed by atoms with Gasteiger partial charge in [0.25, 0.3) is 0 Å². The van der Waals surface area contributed by atoms with Crippen LogP contribution in [-0.4, -0.2) is 37.6 Å². The maximum Gasteiger partial charge on any atom is 0.322 e. The Morgan fingerprint density at radius 3 is 1.30 bits per heavy atom. The standard InChI is InChI=1S/C13H25BrO2.C9H20O.C4H6Br2O/c1-4-5-6-7-8-9-10-11-16-12(15)13(2,3)14;1-2-3-4-5-6-7-8-9-10;1-4(2,6)3(5)7/h4-11H2,1-3H3;10H,2-9H2,1H3;1-2H3. The summed E-state index contributed by atoms with van der Waals surface area (Å²) >= 11 is 9.24. The van der Waals surface area contributed by atoms with Crippen LogP contribution in [0, 0.1) is 0 Å². The molecular weight excluding hydrogens is 616 g/mol. The summed E-state index contributed by atoms with van der Waals surface area (Å²) in [5, 5.41) is 8.47. The van der Waals surface area contributed by atoms with Gasteiger partial charge in [0.15, 0.2) is 0 Å². The predicted octanol–water partition coefficient (Wildman–Crippen LogP) is 9.26. The molecule has 0 rings (SSSR count). The number of carbonyl (C=O) groups is 2. The van der Waals surface area contributed by atoms with Crippen LogP contribution in [0.5, 0.6) is 0 Å². The average molecular weight is 667 g/mol. The summed E-state index contributed by atoms with van der Waals surface area (Å²) in [6.45, 7) is 12.6. The predicted molar refractivity (Wildman–Crippen MR) is 154 cm³/mol. The maximum absolute atomic E-state index is 11.4. The molecular formula is C26H51Br3O4. The van der Waals surface area contributed by atoms with E-state index in [-0.39, 0.29) is 10.7 Å². The Hall–Kier alpha value is 0.540. The minimum Gasteiger partial charge on any atom is -0.465 e. The van der Waals surface area contributed by atoms with Crippen LogP contribution in [-0.2, 0) is 14.3 Å². The van der Waals surface area contributed by atoms with Crippen LogP contribution in [0.25, 0.3) is 0 Å². The van der Waals surface area contributed by atoms with E-state index in [1.54, 1.807) is 27.7 Å². The number of esters is 1. The molecule has 200 valence electrons. The second-order valence-electron chi connectivity index (χ2n) is 9.32. The molecule has 0 fully saturated rings. The normalized spacial score (nSPS) is 11.1. The number of ether oxygens (including phenoxy) is 1. The van der Waals surface area contributed by atoms with E-state index in [4.69, 9.17) is 9.84 Å². The Labute approximate surface area is 230 Å². The quantitative estimate of drug-likeness (QED) is 0.0727. The number of unbranched alkanes of at least 4 members (excludes halogenated alkanes) is 12. The van der Waals surface area contributed by atoms with Gasteiger partial charge >= 0.3 is 5.97 Å². The Bertz CT molecular complexity index is 436. The maximum atomic E-state index is 11.4. The number of rotatable bonds is 17. The molecule has 0 aliphatic rings. The van der Waals surface area contributed by atoms with Gasteiger partial charge in [-0.1, -0.05) is 123 Å². The van der Waals surface area contributed by atoms with E-state index in [2.05, 4.69) is 61.6 Å². The van der Waals surface area contributed by atoms with Gasteiger partial charge in [-0.15, -0.1) is 0 Å². The average Bonchev–Trinajstić information content (AvgIpc) is 2.72. The first-order valence-electron chi connectivity index (χ1n) is 12.7. The van der Waals surface area contributed by atoms with Gasteiger partial charge in [-0.25, -0.2) is 0 Å². The molecule has 1 N–H and O–H groups in total. The first-order valence-corrected chi connectivity index (χ1v) is 15.1. The van der Waals surface area contributed by atoms with Crippen LogP contribution in [0.1, 0.15) is 131 Å². The molecule has 0 aromatic heterocycles. The molecule has 7 heteroatoms. The van der Waals surface area contributed by atoms with Crippen LogP contribution in [0.15, 0.2) is 0 Å². The highest BCUT2D eigenvalue weighted by atomic mass is 79.9. The Morgan fingerprint density at radius 1 is 0.667 bits per heavy atom. The van der Waals surface area contributed by atoms with Crippen molar-refractivity contribution in [2.75, 3.05) is 13.2 Å². The van der Waals surface area contributed by atoms with Crippen molar-refractivity contribution in [3.63, 3.8) is 0 Å². The number of halogens is 3. The van der Waals surface area contributed by atoms with Gasteiger partial charge in [0, 0.05) is 6.61 Å². The van der Waals surface area contributed by atoms with Crippen molar-refractivity contribution < 1.29 is 19.4 Å². The van der Waals surface area contributed by atoms with Gasteiger partial charge in [0.1, 0.15) is 4.32 Å². The Kier molecular flexibility index (Phi) is 29.6. The van der Waals surface area contributed by atoms with Gasteiger partial charge in [-0.3, -0.25) is 9.59 Å². The molecule has 0 aromatic rings. The molecule has 0 unspecified atom stereocenters. The van der Waals surface area contributed by atoms with Crippen molar-refractivity contribution in [1.82, 2.24) is 0 Å². The Balaban J connectivity index is -0.000000451. The molecule has 0 saturated carbocycles. The first kappa shape index (κ1) is 38.1.